The van der Waals surface area contributed by atoms with Gasteiger partial charge in [-0.05, 0) is 53.7 Å². The number of benzene rings is 3. The highest BCUT2D eigenvalue weighted by molar-refractivity contribution is 5.68. The Balaban J connectivity index is 1.27. The third kappa shape index (κ3) is 4.34. The molecule has 1 saturated heterocycles. The summed E-state index contributed by atoms with van der Waals surface area (Å²) in [4.78, 5) is 2.72. The topological polar surface area (TPSA) is 12.5 Å². The van der Waals surface area contributed by atoms with Crippen LogP contribution in [0.25, 0.3) is 5.57 Å². The van der Waals surface area contributed by atoms with Gasteiger partial charge in [-0.2, -0.15) is 0 Å². The molecule has 0 aliphatic carbocycles. The Kier molecular flexibility index (Phi) is 5.67. The molecule has 0 spiro atoms. The second-order valence-corrected chi connectivity index (χ2v) is 8.50. The van der Waals surface area contributed by atoms with E-state index in [1.165, 1.54) is 41.5 Å². The van der Waals surface area contributed by atoms with Crippen LogP contribution < -0.4 is 4.74 Å². The molecule has 5 rings (SSSR count). The predicted molar refractivity (Wildman–Crippen MR) is 123 cm³/mol. The van der Waals surface area contributed by atoms with Crippen molar-refractivity contribution in [3.8, 4) is 5.75 Å². The van der Waals surface area contributed by atoms with Crippen LogP contribution in [-0.2, 0) is 13.2 Å². The number of ether oxygens (including phenoxy) is 1. The predicted octanol–water partition coefficient (Wildman–Crippen LogP) is 6.48. The van der Waals surface area contributed by atoms with Gasteiger partial charge in [0.25, 0.3) is 0 Å². The van der Waals surface area contributed by atoms with Crippen molar-refractivity contribution in [1.82, 2.24) is 4.90 Å². The lowest BCUT2D eigenvalue weighted by Gasteiger charge is -2.45. The van der Waals surface area contributed by atoms with Crippen molar-refractivity contribution in [2.75, 3.05) is 0 Å². The summed E-state index contributed by atoms with van der Waals surface area (Å²) in [6.07, 6.45) is 7.59. The third-order valence-electron chi connectivity index (χ3n) is 6.46. The van der Waals surface area contributed by atoms with Gasteiger partial charge in [0.05, 0.1) is 0 Å². The van der Waals surface area contributed by atoms with Crippen molar-refractivity contribution in [3.05, 3.63) is 108 Å². The van der Waals surface area contributed by atoms with Crippen molar-refractivity contribution in [2.45, 2.75) is 50.9 Å². The minimum absolute atomic E-state index is 0.557. The highest BCUT2D eigenvalue weighted by atomic mass is 16.5. The summed E-state index contributed by atoms with van der Waals surface area (Å²) < 4.78 is 5.96. The molecule has 2 heteroatoms. The van der Waals surface area contributed by atoms with Crippen LogP contribution in [0.1, 0.15) is 42.4 Å². The molecule has 152 valence electrons. The van der Waals surface area contributed by atoms with Crippen LogP contribution in [0.2, 0.25) is 0 Å². The minimum Gasteiger partial charge on any atom is -0.489 e. The molecule has 30 heavy (non-hydrogen) atoms. The second-order valence-electron chi connectivity index (χ2n) is 8.50. The quantitative estimate of drug-likeness (QED) is 0.474. The molecule has 2 bridgehead atoms. The van der Waals surface area contributed by atoms with Crippen LogP contribution in [0, 0.1) is 0 Å². The molecule has 3 aromatic carbocycles. The Morgan fingerprint density at radius 2 is 1.47 bits per heavy atom. The number of rotatable bonds is 6. The van der Waals surface area contributed by atoms with Gasteiger partial charge in [0, 0.05) is 18.6 Å². The highest BCUT2D eigenvalue weighted by Gasteiger charge is 2.33. The Labute approximate surface area is 179 Å². The Morgan fingerprint density at radius 1 is 0.767 bits per heavy atom. The van der Waals surface area contributed by atoms with E-state index < -0.39 is 0 Å². The van der Waals surface area contributed by atoms with E-state index in [9.17, 15) is 0 Å². The molecule has 0 radical (unpaired) electrons. The minimum atomic E-state index is 0.557. The van der Waals surface area contributed by atoms with Gasteiger partial charge in [0.15, 0.2) is 0 Å². The van der Waals surface area contributed by atoms with E-state index in [1.807, 2.05) is 6.07 Å². The fourth-order valence-electron chi connectivity index (χ4n) is 4.88. The molecule has 2 atom stereocenters. The molecule has 2 nitrogen and oxygen atoms in total. The molecule has 2 heterocycles. The van der Waals surface area contributed by atoms with E-state index in [0.717, 1.165) is 18.7 Å². The smallest absolute Gasteiger partial charge is 0.119 e. The van der Waals surface area contributed by atoms with E-state index in [0.29, 0.717) is 18.7 Å². The summed E-state index contributed by atoms with van der Waals surface area (Å²) in [6.45, 7) is 1.67. The molecule has 0 saturated carbocycles. The first-order chi connectivity index (χ1) is 14.8. The summed E-state index contributed by atoms with van der Waals surface area (Å²) in [7, 11) is 0. The maximum Gasteiger partial charge on any atom is 0.119 e. The van der Waals surface area contributed by atoms with Crippen LogP contribution in [-0.4, -0.2) is 17.0 Å². The van der Waals surface area contributed by atoms with Gasteiger partial charge in [0.1, 0.15) is 12.4 Å². The number of nitrogens with zero attached hydrogens (tertiary/aromatic N) is 1. The lowest BCUT2D eigenvalue weighted by molar-refractivity contribution is 0.0951. The summed E-state index contributed by atoms with van der Waals surface area (Å²) in [6, 6.07) is 31.1. The molecule has 2 aliphatic rings. The first kappa shape index (κ1) is 19.1. The average molecular weight is 396 g/mol. The molecule has 0 aromatic heterocycles. The van der Waals surface area contributed by atoms with Crippen molar-refractivity contribution >= 4 is 5.57 Å². The number of hydrogen-bond donors (Lipinski definition) is 0. The normalized spacial score (nSPS) is 21.1. The zero-order valence-corrected chi connectivity index (χ0v) is 17.4. The SMILES string of the molecule is C1=C(c2ccc(OCc3ccccc3)cc2)CC2CCCC1N2Cc1ccccc1. The molecular formula is C28H29NO. The number of hydrogen-bond acceptors (Lipinski definition) is 2. The Bertz CT molecular complexity index is 978. The highest BCUT2D eigenvalue weighted by Crippen LogP contribution is 2.38. The van der Waals surface area contributed by atoms with E-state index in [2.05, 4.69) is 89.8 Å². The van der Waals surface area contributed by atoms with Crippen LogP contribution in [0.3, 0.4) is 0 Å². The van der Waals surface area contributed by atoms with Crippen molar-refractivity contribution in [3.63, 3.8) is 0 Å². The first-order valence-corrected chi connectivity index (χ1v) is 11.1. The van der Waals surface area contributed by atoms with Gasteiger partial charge in [0.2, 0.25) is 0 Å². The summed E-state index contributed by atoms with van der Waals surface area (Å²) in [5.41, 5.74) is 5.47. The van der Waals surface area contributed by atoms with E-state index in [-0.39, 0.29) is 0 Å². The zero-order chi connectivity index (χ0) is 20.2. The molecule has 2 aliphatic heterocycles. The van der Waals surface area contributed by atoms with Gasteiger partial charge >= 0.3 is 0 Å². The molecular weight excluding hydrogens is 366 g/mol. The molecule has 2 unspecified atom stereocenters. The molecule has 0 amide bonds. The van der Waals surface area contributed by atoms with Gasteiger partial charge in [-0.25, -0.2) is 0 Å². The Morgan fingerprint density at radius 3 is 2.17 bits per heavy atom. The maximum absolute atomic E-state index is 5.96. The van der Waals surface area contributed by atoms with Crippen LogP contribution in [0.4, 0.5) is 0 Å². The third-order valence-corrected chi connectivity index (χ3v) is 6.46. The van der Waals surface area contributed by atoms with Crippen LogP contribution in [0.15, 0.2) is 91.0 Å². The van der Waals surface area contributed by atoms with E-state index >= 15 is 0 Å². The maximum atomic E-state index is 5.96. The van der Waals surface area contributed by atoms with Crippen molar-refractivity contribution < 1.29 is 4.74 Å². The second kappa shape index (κ2) is 8.89. The van der Waals surface area contributed by atoms with Crippen LogP contribution >= 0.6 is 0 Å². The fraction of sp³-hybridized carbons (Fsp3) is 0.286. The van der Waals surface area contributed by atoms with Gasteiger partial charge in [-0.1, -0.05) is 85.3 Å². The Hall–Kier alpha value is -2.84. The van der Waals surface area contributed by atoms with Gasteiger partial charge in [-0.15, -0.1) is 0 Å². The van der Waals surface area contributed by atoms with Crippen molar-refractivity contribution in [2.24, 2.45) is 0 Å². The van der Waals surface area contributed by atoms with Gasteiger partial charge in [-0.3, -0.25) is 4.90 Å². The van der Waals surface area contributed by atoms with Gasteiger partial charge < -0.3 is 4.74 Å². The summed E-state index contributed by atoms with van der Waals surface area (Å²) in [5, 5.41) is 0. The van der Waals surface area contributed by atoms with Crippen LogP contribution in [0.5, 0.6) is 5.75 Å². The van der Waals surface area contributed by atoms with E-state index in [1.54, 1.807) is 0 Å². The number of fused-ring (bicyclic) bond motifs is 2. The van der Waals surface area contributed by atoms with Crippen molar-refractivity contribution in [1.29, 1.82) is 0 Å². The molecule has 1 fully saturated rings. The van der Waals surface area contributed by atoms with E-state index in [4.69, 9.17) is 4.74 Å². The fourth-order valence-corrected chi connectivity index (χ4v) is 4.88. The average Bonchev–Trinajstić information content (AvgIpc) is 2.79. The standard InChI is InChI=1S/C28H29NO/c1-3-8-22(9-4-1)20-29-26-12-7-13-27(29)19-25(18-26)24-14-16-28(17-15-24)30-21-23-10-5-2-6-11-23/h1-6,8-11,14-18,26-27H,7,12-13,19-21H2. The zero-order valence-electron chi connectivity index (χ0n) is 17.4. The first-order valence-electron chi connectivity index (χ1n) is 11.1. The molecule has 3 aromatic rings. The number of piperidine rings is 1. The summed E-state index contributed by atoms with van der Waals surface area (Å²) in [5.74, 6) is 0.935. The monoisotopic (exact) mass is 395 g/mol. The largest absolute Gasteiger partial charge is 0.489 e. The lowest BCUT2D eigenvalue weighted by Crippen LogP contribution is -2.47. The summed E-state index contributed by atoms with van der Waals surface area (Å²) >= 11 is 0. The lowest BCUT2D eigenvalue weighted by atomic mass is 9.82. The molecule has 0 N–H and O–H groups in total.